The molecule has 0 radical (unpaired) electrons. The van der Waals surface area contributed by atoms with Gasteiger partial charge in [0.15, 0.2) is 5.13 Å². The Morgan fingerprint density at radius 3 is 2.86 bits per heavy atom. The van der Waals surface area contributed by atoms with Crippen molar-refractivity contribution in [1.82, 2.24) is 4.98 Å². The highest BCUT2D eigenvalue weighted by Gasteiger charge is 2.16. The van der Waals surface area contributed by atoms with Crippen molar-refractivity contribution < 1.29 is 9.47 Å². The molecule has 112 valence electrons. The Labute approximate surface area is 129 Å². The lowest BCUT2D eigenvalue weighted by atomic mass is 10.1. The summed E-state index contributed by atoms with van der Waals surface area (Å²) >= 11 is 1.69. The maximum atomic E-state index is 5.62. The van der Waals surface area contributed by atoms with Gasteiger partial charge in [-0.05, 0) is 44.0 Å². The van der Waals surface area contributed by atoms with Crippen molar-refractivity contribution in [2.45, 2.75) is 25.9 Å². The highest BCUT2D eigenvalue weighted by atomic mass is 32.1. The van der Waals surface area contributed by atoms with Crippen LogP contribution in [0.5, 0.6) is 5.75 Å². The van der Waals surface area contributed by atoms with Crippen LogP contribution in [0.2, 0.25) is 0 Å². The van der Waals surface area contributed by atoms with Gasteiger partial charge in [0.2, 0.25) is 0 Å². The summed E-state index contributed by atoms with van der Waals surface area (Å²) in [7, 11) is 1.68. The first kappa shape index (κ1) is 14.4. The quantitative estimate of drug-likeness (QED) is 0.914. The van der Waals surface area contributed by atoms with E-state index in [1.807, 2.05) is 24.3 Å². The highest BCUT2D eigenvalue weighted by molar-refractivity contribution is 7.16. The summed E-state index contributed by atoms with van der Waals surface area (Å²) in [5.74, 6) is 0.864. The molecular formula is C16H20N2O2S. The standard InChI is InChI=1S/C16H20N2O2S/c1-11-15(12-5-7-13(19-2)8-6-12)18-16(21-11)17-10-14-4-3-9-20-14/h5-8,14H,3-4,9-10H2,1-2H3,(H,17,18)/t14-/m1/s1. The lowest BCUT2D eigenvalue weighted by molar-refractivity contribution is 0.120. The third-order valence-electron chi connectivity index (χ3n) is 3.66. The molecule has 1 fully saturated rings. The molecule has 5 heteroatoms. The Morgan fingerprint density at radius 1 is 1.38 bits per heavy atom. The summed E-state index contributed by atoms with van der Waals surface area (Å²) in [6, 6.07) is 8.02. The van der Waals surface area contributed by atoms with Crippen LogP contribution in [0.3, 0.4) is 0 Å². The number of hydrogen-bond acceptors (Lipinski definition) is 5. The molecule has 4 nitrogen and oxygen atoms in total. The predicted molar refractivity (Wildman–Crippen MR) is 86.3 cm³/mol. The third-order valence-corrected chi connectivity index (χ3v) is 4.59. The van der Waals surface area contributed by atoms with E-state index >= 15 is 0 Å². The molecule has 0 spiro atoms. The normalized spacial score (nSPS) is 17.9. The van der Waals surface area contributed by atoms with Gasteiger partial charge in [-0.2, -0.15) is 0 Å². The molecule has 0 aliphatic carbocycles. The van der Waals surface area contributed by atoms with Crippen LogP contribution in [0, 0.1) is 6.92 Å². The van der Waals surface area contributed by atoms with Gasteiger partial charge in [0.1, 0.15) is 5.75 Å². The zero-order valence-corrected chi connectivity index (χ0v) is 13.2. The Bertz CT molecular complexity index is 589. The first-order valence-corrected chi connectivity index (χ1v) is 8.05. The molecule has 0 unspecified atom stereocenters. The van der Waals surface area contributed by atoms with Crippen LogP contribution < -0.4 is 10.1 Å². The van der Waals surface area contributed by atoms with Crippen molar-refractivity contribution in [2.75, 3.05) is 25.6 Å². The minimum Gasteiger partial charge on any atom is -0.497 e. The number of aryl methyl sites for hydroxylation is 1. The van der Waals surface area contributed by atoms with Gasteiger partial charge in [-0.15, -0.1) is 11.3 Å². The topological polar surface area (TPSA) is 43.4 Å². The Balaban J connectivity index is 1.70. The minimum absolute atomic E-state index is 0.332. The van der Waals surface area contributed by atoms with Crippen molar-refractivity contribution >= 4 is 16.5 Å². The lowest BCUT2D eigenvalue weighted by Crippen LogP contribution is -2.18. The van der Waals surface area contributed by atoms with Crippen LogP contribution >= 0.6 is 11.3 Å². The summed E-state index contributed by atoms with van der Waals surface area (Å²) in [6.07, 6.45) is 2.64. The number of nitrogens with zero attached hydrogens (tertiary/aromatic N) is 1. The lowest BCUT2D eigenvalue weighted by Gasteiger charge is -2.09. The molecule has 1 atom stereocenters. The zero-order chi connectivity index (χ0) is 14.7. The first-order chi connectivity index (χ1) is 10.3. The number of benzene rings is 1. The largest absolute Gasteiger partial charge is 0.497 e. The second-order valence-electron chi connectivity index (χ2n) is 5.17. The van der Waals surface area contributed by atoms with E-state index in [1.165, 1.54) is 11.3 Å². The summed E-state index contributed by atoms with van der Waals surface area (Å²) in [5, 5.41) is 4.36. The maximum absolute atomic E-state index is 5.62. The van der Waals surface area contributed by atoms with Gasteiger partial charge >= 0.3 is 0 Å². The number of nitrogens with one attached hydrogen (secondary N) is 1. The van der Waals surface area contributed by atoms with Crippen molar-refractivity contribution in [1.29, 1.82) is 0 Å². The number of thiazole rings is 1. The Hall–Kier alpha value is -1.59. The van der Waals surface area contributed by atoms with Gasteiger partial charge in [-0.3, -0.25) is 0 Å². The van der Waals surface area contributed by atoms with Gasteiger partial charge in [0.25, 0.3) is 0 Å². The summed E-state index contributed by atoms with van der Waals surface area (Å²) in [6.45, 7) is 3.84. The zero-order valence-electron chi connectivity index (χ0n) is 12.4. The van der Waals surface area contributed by atoms with Crippen molar-refractivity contribution in [3.8, 4) is 17.0 Å². The molecule has 1 aromatic carbocycles. The molecule has 21 heavy (non-hydrogen) atoms. The van der Waals surface area contributed by atoms with Gasteiger partial charge in [-0.1, -0.05) is 0 Å². The molecule has 3 rings (SSSR count). The molecule has 0 saturated carbocycles. The van der Waals surface area contributed by atoms with E-state index in [4.69, 9.17) is 14.5 Å². The molecule has 1 aromatic heterocycles. The van der Waals surface area contributed by atoms with Gasteiger partial charge in [0, 0.05) is 23.6 Å². The minimum atomic E-state index is 0.332. The van der Waals surface area contributed by atoms with Crippen molar-refractivity contribution in [2.24, 2.45) is 0 Å². The van der Waals surface area contributed by atoms with Crippen LogP contribution in [0.4, 0.5) is 5.13 Å². The van der Waals surface area contributed by atoms with E-state index in [2.05, 4.69) is 12.2 Å². The van der Waals surface area contributed by atoms with Crippen molar-refractivity contribution in [3.05, 3.63) is 29.1 Å². The van der Waals surface area contributed by atoms with Crippen LogP contribution in [-0.4, -0.2) is 31.3 Å². The monoisotopic (exact) mass is 304 g/mol. The molecular weight excluding hydrogens is 284 g/mol. The highest BCUT2D eigenvalue weighted by Crippen LogP contribution is 2.31. The van der Waals surface area contributed by atoms with Gasteiger partial charge in [-0.25, -0.2) is 4.98 Å². The third kappa shape index (κ3) is 3.36. The number of aromatic nitrogens is 1. The molecule has 2 heterocycles. The van der Waals surface area contributed by atoms with E-state index in [-0.39, 0.29) is 0 Å². The molecule has 1 aliphatic rings. The molecule has 1 aliphatic heterocycles. The fourth-order valence-corrected chi connectivity index (χ4v) is 3.34. The summed E-state index contributed by atoms with van der Waals surface area (Å²) in [4.78, 5) is 5.93. The summed E-state index contributed by atoms with van der Waals surface area (Å²) < 4.78 is 10.8. The molecule has 2 aromatic rings. The van der Waals surface area contributed by atoms with Crippen LogP contribution in [-0.2, 0) is 4.74 Å². The summed E-state index contributed by atoms with van der Waals surface area (Å²) in [5.41, 5.74) is 2.16. The Morgan fingerprint density at radius 2 is 2.19 bits per heavy atom. The molecule has 0 amide bonds. The second-order valence-corrected chi connectivity index (χ2v) is 6.37. The number of anilines is 1. The van der Waals surface area contributed by atoms with E-state index in [1.54, 1.807) is 18.4 Å². The van der Waals surface area contributed by atoms with E-state index in [9.17, 15) is 0 Å². The number of hydrogen-bond donors (Lipinski definition) is 1. The van der Waals surface area contributed by atoms with E-state index in [0.29, 0.717) is 6.10 Å². The number of ether oxygens (including phenoxy) is 2. The second kappa shape index (κ2) is 6.45. The fraction of sp³-hybridized carbons (Fsp3) is 0.438. The molecule has 0 bridgehead atoms. The molecule has 1 saturated heterocycles. The fourth-order valence-electron chi connectivity index (χ4n) is 2.50. The smallest absolute Gasteiger partial charge is 0.183 e. The van der Waals surface area contributed by atoms with Crippen LogP contribution in [0.1, 0.15) is 17.7 Å². The van der Waals surface area contributed by atoms with Crippen LogP contribution in [0.25, 0.3) is 11.3 Å². The van der Waals surface area contributed by atoms with E-state index < -0.39 is 0 Å². The number of methoxy groups -OCH3 is 1. The van der Waals surface area contributed by atoms with Crippen molar-refractivity contribution in [3.63, 3.8) is 0 Å². The maximum Gasteiger partial charge on any atom is 0.183 e. The van der Waals surface area contributed by atoms with Gasteiger partial charge < -0.3 is 14.8 Å². The van der Waals surface area contributed by atoms with Gasteiger partial charge in [0.05, 0.1) is 18.9 Å². The number of rotatable bonds is 5. The SMILES string of the molecule is COc1ccc(-c2nc(NC[C@H]3CCCO3)sc2C)cc1. The average Bonchev–Trinajstić information content (AvgIpc) is 3.15. The first-order valence-electron chi connectivity index (χ1n) is 7.23. The van der Waals surface area contributed by atoms with Crippen LogP contribution in [0.15, 0.2) is 24.3 Å². The van der Waals surface area contributed by atoms with E-state index in [0.717, 1.165) is 41.7 Å². The average molecular weight is 304 g/mol. The molecule has 1 N–H and O–H groups in total. The Kier molecular flexibility index (Phi) is 4.41. The predicted octanol–water partition coefficient (Wildman–Crippen LogP) is 3.72.